The number of hydrogen-bond acceptors (Lipinski definition) is 5. The Morgan fingerprint density at radius 1 is 1.32 bits per heavy atom. The Morgan fingerprint density at radius 2 is 2.14 bits per heavy atom. The summed E-state index contributed by atoms with van der Waals surface area (Å²) in [7, 11) is 0. The van der Waals surface area contributed by atoms with E-state index >= 15 is 0 Å². The number of rotatable bonds is 5. The lowest BCUT2D eigenvalue weighted by atomic mass is 9.99. The average molecular weight is 307 g/mol. The van der Waals surface area contributed by atoms with Gasteiger partial charge in [-0.1, -0.05) is 18.6 Å². The first kappa shape index (κ1) is 15.4. The molecule has 0 saturated carbocycles. The van der Waals surface area contributed by atoms with Crippen molar-refractivity contribution in [2.24, 2.45) is 5.92 Å². The van der Waals surface area contributed by atoms with E-state index in [-0.39, 0.29) is 5.91 Å². The molecule has 0 aliphatic carbocycles. The molecule has 0 unspecified atom stereocenters. The molecule has 22 heavy (non-hydrogen) atoms. The number of nitrogens with zero attached hydrogens (tertiary/aromatic N) is 5. The Kier molecular flexibility index (Phi) is 5.04. The molecule has 1 amide bonds. The van der Waals surface area contributed by atoms with E-state index in [0.29, 0.717) is 24.9 Å². The summed E-state index contributed by atoms with van der Waals surface area (Å²) in [4.78, 5) is 17.0. The second-order valence-corrected chi connectivity index (χ2v) is 6.10. The molecule has 0 bridgehead atoms. The van der Waals surface area contributed by atoms with Gasteiger partial charge in [0.1, 0.15) is 0 Å². The van der Waals surface area contributed by atoms with Crippen molar-refractivity contribution in [2.75, 3.05) is 39.4 Å². The van der Waals surface area contributed by atoms with Crippen molar-refractivity contribution in [2.45, 2.75) is 32.4 Å². The number of hydrogen-bond donors (Lipinski definition) is 0. The summed E-state index contributed by atoms with van der Waals surface area (Å²) in [5, 5.41) is 7.67. The zero-order chi connectivity index (χ0) is 15.4. The molecule has 3 heterocycles. The molecular weight excluding hydrogens is 282 g/mol. The van der Waals surface area contributed by atoms with E-state index in [0.717, 1.165) is 45.8 Å². The number of aromatic nitrogens is 3. The number of aryl methyl sites for hydroxylation is 1. The third-order valence-corrected chi connectivity index (χ3v) is 4.82. The van der Waals surface area contributed by atoms with Crippen LogP contribution in [0.2, 0.25) is 0 Å². The van der Waals surface area contributed by atoms with Crippen molar-refractivity contribution in [1.29, 1.82) is 0 Å². The summed E-state index contributed by atoms with van der Waals surface area (Å²) in [6.07, 6.45) is 5.05. The maximum absolute atomic E-state index is 12.5. The van der Waals surface area contributed by atoms with Crippen LogP contribution in [0.3, 0.4) is 0 Å². The maximum atomic E-state index is 12.5. The molecule has 0 spiro atoms. The number of ether oxygens (including phenoxy) is 1. The average Bonchev–Trinajstić information content (AvgIpc) is 3.22. The van der Waals surface area contributed by atoms with Gasteiger partial charge in [-0.3, -0.25) is 14.4 Å². The summed E-state index contributed by atoms with van der Waals surface area (Å²) in [5.41, 5.74) is 0. The Morgan fingerprint density at radius 3 is 2.82 bits per heavy atom. The molecule has 7 heteroatoms. The maximum Gasteiger partial charge on any atom is 0.224 e. The monoisotopic (exact) mass is 307 g/mol. The van der Waals surface area contributed by atoms with Crippen LogP contribution >= 0.6 is 0 Å². The van der Waals surface area contributed by atoms with Crippen molar-refractivity contribution in [3.8, 4) is 0 Å². The molecule has 2 fully saturated rings. The van der Waals surface area contributed by atoms with Gasteiger partial charge in [-0.15, -0.1) is 5.10 Å². The van der Waals surface area contributed by atoms with Gasteiger partial charge in [-0.2, -0.15) is 0 Å². The van der Waals surface area contributed by atoms with E-state index in [1.165, 1.54) is 0 Å². The predicted molar refractivity (Wildman–Crippen MR) is 81.2 cm³/mol. The van der Waals surface area contributed by atoms with Crippen LogP contribution in [0.4, 0.5) is 0 Å². The topological polar surface area (TPSA) is 63.5 Å². The van der Waals surface area contributed by atoms with E-state index in [1.807, 2.05) is 4.90 Å². The molecule has 2 aliphatic heterocycles. The Labute approximate surface area is 131 Å². The van der Waals surface area contributed by atoms with E-state index < -0.39 is 0 Å². The minimum Gasteiger partial charge on any atom is -0.379 e. The second-order valence-electron chi connectivity index (χ2n) is 6.10. The molecule has 0 radical (unpaired) electrons. The van der Waals surface area contributed by atoms with Gasteiger partial charge in [-0.05, 0) is 5.92 Å². The van der Waals surface area contributed by atoms with Gasteiger partial charge < -0.3 is 9.64 Å². The highest BCUT2D eigenvalue weighted by atomic mass is 16.5. The molecule has 2 saturated heterocycles. The molecule has 122 valence electrons. The van der Waals surface area contributed by atoms with E-state index in [4.69, 9.17) is 4.74 Å². The van der Waals surface area contributed by atoms with Crippen molar-refractivity contribution < 1.29 is 9.53 Å². The van der Waals surface area contributed by atoms with Gasteiger partial charge >= 0.3 is 0 Å². The number of likely N-dealkylation sites (tertiary alicyclic amines) is 1. The van der Waals surface area contributed by atoms with Crippen LogP contribution in [0.15, 0.2) is 12.4 Å². The first-order valence-electron chi connectivity index (χ1n) is 8.21. The first-order chi connectivity index (χ1) is 10.8. The highest BCUT2D eigenvalue weighted by molar-refractivity contribution is 5.76. The van der Waals surface area contributed by atoms with Crippen LogP contribution in [0.5, 0.6) is 0 Å². The molecule has 2 aliphatic rings. The first-order valence-corrected chi connectivity index (χ1v) is 8.21. The van der Waals surface area contributed by atoms with Crippen molar-refractivity contribution in [3.63, 3.8) is 0 Å². The number of carbonyl (C=O) groups excluding carboxylic acids is 1. The summed E-state index contributed by atoms with van der Waals surface area (Å²) in [5.74, 6) is 0.804. The van der Waals surface area contributed by atoms with E-state index in [1.54, 1.807) is 17.1 Å². The Hall–Kier alpha value is -1.47. The molecule has 0 N–H and O–H groups in total. The van der Waals surface area contributed by atoms with Crippen LogP contribution < -0.4 is 0 Å². The zero-order valence-electron chi connectivity index (χ0n) is 13.2. The highest BCUT2D eigenvalue weighted by Gasteiger charge is 2.37. The fourth-order valence-electron chi connectivity index (χ4n) is 3.50. The van der Waals surface area contributed by atoms with Crippen molar-refractivity contribution in [3.05, 3.63) is 12.4 Å². The molecule has 7 nitrogen and oxygen atoms in total. The molecule has 0 aromatic carbocycles. The van der Waals surface area contributed by atoms with Gasteiger partial charge in [0.2, 0.25) is 5.91 Å². The van der Waals surface area contributed by atoms with Crippen LogP contribution in [0.1, 0.15) is 19.8 Å². The van der Waals surface area contributed by atoms with Gasteiger partial charge in [0.15, 0.2) is 0 Å². The lowest BCUT2D eigenvalue weighted by Gasteiger charge is -2.34. The van der Waals surface area contributed by atoms with Gasteiger partial charge in [0, 0.05) is 44.8 Å². The standard InChI is InChI=1S/C15H25N5O2/c1-2-13-11-19(12-14(13)18-7-9-22-10-8-18)15(21)3-5-20-6-4-16-17-20/h4,6,13-14H,2-3,5,7-12H2,1H3/t13-,14+/m0/s1. The quantitative estimate of drug-likeness (QED) is 0.779. The molecule has 3 rings (SSSR count). The van der Waals surface area contributed by atoms with Crippen LogP contribution in [0, 0.1) is 5.92 Å². The third kappa shape index (κ3) is 3.47. The summed E-state index contributed by atoms with van der Waals surface area (Å²) < 4.78 is 7.16. The number of amides is 1. The zero-order valence-corrected chi connectivity index (χ0v) is 13.2. The molecular formula is C15H25N5O2. The highest BCUT2D eigenvalue weighted by Crippen LogP contribution is 2.26. The van der Waals surface area contributed by atoms with E-state index in [9.17, 15) is 4.79 Å². The molecule has 1 aromatic rings. The smallest absolute Gasteiger partial charge is 0.224 e. The fourth-order valence-corrected chi connectivity index (χ4v) is 3.50. The van der Waals surface area contributed by atoms with Crippen LogP contribution in [-0.4, -0.2) is 76.1 Å². The van der Waals surface area contributed by atoms with Gasteiger partial charge in [0.05, 0.1) is 26.0 Å². The summed E-state index contributed by atoms with van der Waals surface area (Å²) >= 11 is 0. The Balaban J connectivity index is 1.54. The Bertz CT molecular complexity index is 472. The number of morpholine rings is 1. The molecule has 1 aromatic heterocycles. The summed E-state index contributed by atoms with van der Waals surface area (Å²) in [6.45, 7) is 8.17. The second kappa shape index (κ2) is 7.19. The van der Waals surface area contributed by atoms with Crippen LogP contribution in [0.25, 0.3) is 0 Å². The van der Waals surface area contributed by atoms with E-state index in [2.05, 4.69) is 22.1 Å². The third-order valence-electron chi connectivity index (χ3n) is 4.82. The fraction of sp³-hybridized carbons (Fsp3) is 0.800. The van der Waals surface area contributed by atoms with Gasteiger partial charge in [-0.25, -0.2) is 0 Å². The molecule has 2 atom stereocenters. The van der Waals surface area contributed by atoms with Gasteiger partial charge in [0.25, 0.3) is 0 Å². The lowest BCUT2D eigenvalue weighted by molar-refractivity contribution is -0.130. The van der Waals surface area contributed by atoms with Crippen molar-refractivity contribution >= 4 is 5.91 Å². The SMILES string of the molecule is CC[C@H]1CN(C(=O)CCn2ccnn2)C[C@H]1N1CCOCC1. The number of carbonyl (C=O) groups is 1. The summed E-state index contributed by atoms with van der Waals surface area (Å²) in [6, 6.07) is 0.490. The predicted octanol–water partition coefficient (Wildman–Crippen LogP) is 0.237. The normalized spacial score (nSPS) is 26.5. The lowest BCUT2D eigenvalue weighted by Crippen LogP contribution is -2.47. The minimum atomic E-state index is 0.227. The van der Waals surface area contributed by atoms with Crippen LogP contribution in [-0.2, 0) is 16.1 Å². The van der Waals surface area contributed by atoms with Crippen molar-refractivity contribution in [1.82, 2.24) is 24.8 Å². The largest absolute Gasteiger partial charge is 0.379 e. The minimum absolute atomic E-state index is 0.227.